The fraction of sp³-hybridized carbons (Fsp3) is 0.600. The molecule has 22 heavy (non-hydrogen) atoms. The predicted molar refractivity (Wildman–Crippen MR) is 82.9 cm³/mol. The Morgan fingerprint density at radius 2 is 2.05 bits per heavy atom. The maximum absolute atomic E-state index is 12.0. The molecule has 120 valence electrons. The third-order valence-electron chi connectivity index (χ3n) is 3.21. The van der Waals surface area contributed by atoms with Crippen LogP contribution < -0.4 is 5.32 Å². The number of nitrogens with zero attached hydrogens (tertiary/aromatic N) is 4. The molecule has 2 heterocycles. The van der Waals surface area contributed by atoms with Gasteiger partial charge in [-0.3, -0.25) is 4.79 Å². The number of hydrogen-bond acceptors (Lipinski definition) is 5. The van der Waals surface area contributed by atoms with Crippen molar-refractivity contribution in [1.82, 2.24) is 24.9 Å². The van der Waals surface area contributed by atoms with Gasteiger partial charge < -0.3 is 10.1 Å². The van der Waals surface area contributed by atoms with E-state index in [1.165, 1.54) is 0 Å². The maximum Gasteiger partial charge on any atom is 0.291 e. The second kappa shape index (κ2) is 7.84. The highest BCUT2D eigenvalue weighted by molar-refractivity contribution is 5.90. The van der Waals surface area contributed by atoms with Crippen LogP contribution in [0.15, 0.2) is 6.07 Å². The lowest BCUT2D eigenvalue weighted by Gasteiger charge is -2.04. The van der Waals surface area contributed by atoms with Gasteiger partial charge in [0.2, 0.25) is 5.82 Å². The first-order chi connectivity index (χ1) is 10.6. The average Bonchev–Trinajstić information content (AvgIpc) is 2.90. The number of carbonyl (C=O) groups excluding carboxylic acids is 1. The van der Waals surface area contributed by atoms with Crippen LogP contribution in [0.1, 0.15) is 48.2 Å². The van der Waals surface area contributed by atoms with Crippen LogP contribution in [0.4, 0.5) is 0 Å². The molecule has 7 heteroatoms. The van der Waals surface area contributed by atoms with Gasteiger partial charge >= 0.3 is 0 Å². The minimum atomic E-state index is -0.281. The summed E-state index contributed by atoms with van der Waals surface area (Å²) < 4.78 is 7.02. The Balaban J connectivity index is 1.84. The topological polar surface area (TPSA) is 81.4 Å². The van der Waals surface area contributed by atoms with Crippen LogP contribution >= 0.6 is 0 Å². The predicted octanol–water partition coefficient (Wildman–Crippen LogP) is 1.68. The number of aryl methyl sites for hydroxylation is 2. The van der Waals surface area contributed by atoms with Crippen LogP contribution in [0, 0.1) is 13.8 Å². The van der Waals surface area contributed by atoms with Crippen molar-refractivity contribution in [3.8, 4) is 0 Å². The third kappa shape index (κ3) is 4.24. The summed E-state index contributed by atoms with van der Waals surface area (Å²) in [5.41, 5.74) is 1.76. The van der Waals surface area contributed by atoms with E-state index >= 15 is 0 Å². The summed E-state index contributed by atoms with van der Waals surface area (Å²) >= 11 is 0. The van der Waals surface area contributed by atoms with E-state index in [2.05, 4.69) is 27.3 Å². The van der Waals surface area contributed by atoms with E-state index in [-0.39, 0.29) is 11.7 Å². The summed E-state index contributed by atoms with van der Waals surface area (Å²) in [5.74, 6) is 0.315. The van der Waals surface area contributed by atoms with Gasteiger partial charge in [0, 0.05) is 31.1 Å². The van der Waals surface area contributed by atoms with Crippen molar-refractivity contribution in [2.24, 2.45) is 0 Å². The van der Waals surface area contributed by atoms with Gasteiger partial charge in [-0.2, -0.15) is 4.98 Å². The summed E-state index contributed by atoms with van der Waals surface area (Å²) in [6.07, 6.45) is 2.98. The fourth-order valence-electron chi connectivity index (χ4n) is 2.07. The van der Waals surface area contributed by atoms with E-state index in [9.17, 15) is 4.79 Å². The van der Waals surface area contributed by atoms with Crippen molar-refractivity contribution in [3.63, 3.8) is 0 Å². The van der Waals surface area contributed by atoms with Crippen molar-refractivity contribution in [2.75, 3.05) is 19.8 Å². The SMILES string of the molecule is CCCCOCCCNC(=O)c1nc2nc(C)cc(C)n2n1. The van der Waals surface area contributed by atoms with Crippen LogP contribution in [0.25, 0.3) is 5.78 Å². The highest BCUT2D eigenvalue weighted by Gasteiger charge is 2.14. The number of aromatic nitrogens is 4. The zero-order chi connectivity index (χ0) is 15.9. The van der Waals surface area contributed by atoms with E-state index in [1.807, 2.05) is 19.9 Å². The molecule has 0 aliphatic carbocycles. The Morgan fingerprint density at radius 3 is 2.82 bits per heavy atom. The van der Waals surface area contributed by atoms with Gasteiger partial charge in [0.1, 0.15) is 0 Å². The first kappa shape index (κ1) is 16.4. The van der Waals surface area contributed by atoms with Gasteiger partial charge in [0.25, 0.3) is 11.7 Å². The van der Waals surface area contributed by atoms with Gasteiger partial charge in [0.15, 0.2) is 0 Å². The monoisotopic (exact) mass is 305 g/mol. The molecule has 0 bridgehead atoms. The number of carbonyl (C=O) groups is 1. The molecule has 0 aliphatic heterocycles. The quantitative estimate of drug-likeness (QED) is 0.750. The minimum absolute atomic E-state index is 0.146. The molecule has 0 saturated carbocycles. The third-order valence-corrected chi connectivity index (χ3v) is 3.21. The Labute approximate surface area is 130 Å². The molecule has 2 rings (SSSR count). The van der Waals surface area contributed by atoms with Crippen molar-refractivity contribution in [3.05, 3.63) is 23.3 Å². The lowest BCUT2D eigenvalue weighted by molar-refractivity contribution is 0.0930. The zero-order valence-corrected chi connectivity index (χ0v) is 13.4. The van der Waals surface area contributed by atoms with Gasteiger partial charge in [-0.15, -0.1) is 5.10 Å². The van der Waals surface area contributed by atoms with Crippen LogP contribution in [0.3, 0.4) is 0 Å². The first-order valence-corrected chi connectivity index (χ1v) is 7.68. The molecule has 1 amide bonds. The highest BCUT2D eigenvalue weighted by atomic mass is 16.5. The number of amides is 1. The number of unbranched alkanes of at least 4 members (excludes halogenated alkanes) is 1. The maximum atomic E-state index is 12.0. The van der Waals surface area contributed by atoms with Crippen LogP contribution in [-0.2, 0) is 4.74 Å². The molecule has 0 unspecified atom stereocenters. The molecule has 2 aromatic rings. The fourth-order valence-corrected chi connectivity index (χ4v) is 2.07. The molecular formula is C15H23N5O2. The number of fused-ring (bicyclic) bond motifs is 1. The Hall–Kier alpha value is -2.02. The second-order valence-electron chi connectivity index (χ2n) is 5.26. The second-order valence-corrected chi connectivity index (χ2v) is 5.26. The van der Waals surface area contributed by atoms with Crippen molar-refractivity contribution >= 4 is 11.7 Å². The summed E-state index contributed by atoms with van der Waals surface area (Å²) in [6, 6.07) is 1.90. The molecule has 2 aromatic heterocycles. The Morgan fingerprint density at radius 1 is 1.27 bits per heavy atom. The molecule has 0 spiro atoms. The molecule has 7 nitrogen and oxygen atoms in total. The average molecular weight is 305 g/mol. The smallest absolute Gasteiger partial charge is 0.291 e. The minimum Gasteiger partial charge on any atom is -0.381 e. The molecule has 0 aliphatic rings. The van der Waals surface area contributed by atoms with Crippen molar-refractivity contribution in [2.45, 2.75) is 40.0 Å². The largest absolute Gasteiger partial charge is 0.381 e. The molecule has 0 radical (unpaired) electrons. The normalized spacial score (nSPS) is 11.0. The van der Waals surface area contributed by atoms with Gasteiger partial charge in [0.05, 0.1) is 0 Å². The Kier molecular flexibility index (Phi) is 5.83. The van der Waals surface area contributed by atoms with Crippen molar-refractivity contribution in [1.29, 1.82) is 0 Å². The number of hydrogen-bond donors (Lipinski definition) is 1. The molecule has 0 atom stereocenters. The van der Waals surface area contributed by atoms with Crippen molar-refractivity contribution < 1.29 is 9.53 Å². The van der Waals surface area contributed by atoms with Crippen LogP contribution in [-0.4, -0.2) is 45.2 Å². The molecular weight excluding hydrogens is 282 g/mol. The molecule has 0 saturated heterocycles. The number of ether oxygens (including phenoxy) is 1. The van der Waals surface area contributed by atoms with E-state index in [0.29, 0.717) is 18.9 Å². The van der Waals surface area contributed by atoms with Gasteiger partial charge in [-0.25, -0.2) is 9.50 Å². The number of nitrogens with one attached hydrogen (secondary N) is 1. The lowest BCUT2D eigenvalue weighted by atomic mass is 10.3. The molecule has 0 aromatic carbocycles. The first-order valence-electron chi connectivity index (χ1n) is 7.68. The van der Waals surface area contributed by atoms with E-state index in [0.717, 1.165) is 37.3 Å². The van der Waals surface area contributed by atoms with Gasteiger partial charge in [-0.05, 0) is 32.8 Å². The summed E-state index contributed by atoms with van der Waals surface area (Å²) in [5, 5.41) is 6.99. The molecule has 0 fully saturated rings. The lowest BCUT2D eigenvalue weighted by Crippen LogP contribution is -2.26. The van der Waals surface area contributed by atoms with Crippen LogP contribution in [0.5, 0.6) is 0 Å². The highest BCUT2D eigenvalue weighted by Crippen LogP contribution is 2.05. The molecule has 1 N–H and O–H groups in total. The number of rotatable bonds is 8. The van der Waals surface area contributed by atoms with Gasteiger partial charge in [-0.1, -0.05) is 13.3 Å². The zero-order valence-electron chi connectivity index (χ0n) is 13.4. The summed E-state index contributed by atoms with van der Waals surface area (Å²) in [7, 11) is 0. The van der Waals surface area contributed by atoms with E-state index in [1.54, 1.807) is 4.52 Å². The standard InChI is InChI=1S/C15H23N5O2/c1-4-5-8-22-9-6-7-16-14(21)13-18-15-17-11(2)10-12(3)20(15)19-13/h10H,4-9H2,1-3H3,(H,16,21). The van der Waals surface area contributed by atoms with E-state index < -0.39 is 0 Å². The summed E-state index contributed by atoms with van der Waals surface area (Å²) in [6.45, 7) is 7.91. The Bertz CT molecular complexity index is 638. The van der Waals surface area contributed by atoms with Crippen LogP contribution in [0.2, 0.25) is 0 Å². The summed E-state index contributed by atoms with van der Waals surface area (Å²) in [4.78, 5) is 20.5. The van der Waals surface area contributed by atoms with E-state index in [4.69, 9.17) is 4.74 Å².